The van der Waals surface area contributed by atoms with Gasteiger partial charge in [0.25, 0.3) is 0 Å². The predicted octanol–water partition coefficient (Wildman–Crippen LogP) is 4.15. The summed E-state index contributed by atoms with van der Waals surface area (Å²) in [6.07, 6.45) is 13.1. The van der Waals surface area contributed by atoms with Gasteiger partial charge in [0, 0.05) is 6.04 Å². The molecule has 4 bridgehead atoms. The Morgan fingerprint density at radius 2 is 1.61 bits per heavy atom. The zero-order chi connectivity index (χ0) is 12.8. The van der Waals surface area contributed by atoms with E-state index in [9.17, 15) is 0 Å². The minimum atomic E-state index is 0.603. The van der Waals surface area contributed by atoms with Gasteiger partial charge >= 0.3 is 0 Å². The minimum absolute atomic E-state index is 0.603. The summed E-state index contributed by atoms with van der Waals surface area (Å²) in [7, 11) is 2.13. The average molecular weight is 247 g/mol. The smallest absolute Gasteiger partial charge is 0.0254 e. The normalized spacial score (nSPS) is 42.9. The number of nitrogens with one attached hydrogen (secondary N) is 1. The summed E-state index contributed by atoms with van der Waals surface area (Å²) in [6.45, 7) is 4.45. The summed E-state index contributed by atoms with van der Waals surface area (Å²) in [6, 6.07) is 0.603. The maximum absolute atomic E-state index is 3.53. The van der Waals surface area contributed by atoms with Crippen LogP contribution in [0.2, 0.25) is 0 Å². The van der Waals surface area contributed by atoms with Crippen LogP contribution in [0.1, 0.15) is 58.8 Å². The van der Waals surface area contributed by atoms with E-state index >= 15 is 0 Å². The van der Waals surface area contributed by atoms with Crippen LogP contribution in [0.5, 0.6) is 0 Å². The maximum Gasteiger partial charge on any atom is 0.0254 e. The van der Waals surface area contributed by atoms with Crippen molar-refractivity contribution in [3.8, 4) is 0 Å². The Morgan fingerprint density at radius 3 is 2.00 bits per heavy atom. The van der Waals surface area contributed by atoms with Gasteiger partial charge in [-0.05, 0) is 89.0 Å². The molecule has 0 aromatic heterocycles. The van der Waals surface area contributed by atoms with Crippen molar-refractivity contribution in [3.63, 3.8) is 0 Å². The summed E-state index contributed by atoms with van der Waals surface area (Å²) >= 11 is 0. The summed E-state index contributed by atoms with van der Waals surface area (Å²) in [5.74, 6) is 3.25. The van der Waals surface area contributed by atoms with Gasteiger partial charge in [-0.15, -0.1) is 0 Å². The van der Waals surface area contributed by atoms with Crippen molar-refractivity contribution < 1.29 is 0 Å². The molecule has 4 rings (SSSR count). The van der Waals surface area contributed by atoms with Crippen LogP contribution in [0, 0.1) is 23.2 Å². The lowest BCUT2D eigenvalue weighted by molar-refractivity contribution is -0.0596. The molecule has 4 fully saturated rings. The number of allylic oxidation sites excluding steroid dienone is 1. The Balaban J connectivity index is 1.73. The van der Waals surface area contributed by atoms with Gasteiger partial charge in [-0.2, -0.15) is 0 Å². The topological polar surface area (TPSA) is 12.0 Å². The first-order valence-electron chi connectivity index (χ1n) is 7.91. The highest BCUT2D eigenvalue weighted by Gasteiger charge is 2.50. The summed E-state index contributed by atoms with van der Waals surface area (Å²) < 4.78 is 0. The van der Waals surface area contributed by atoms with E-state index in [0.717, 1.165) is 17.8 Å². The third-order valence-electron chi connectivity index (χ3n) is 5.72. The second-order valence-electron chi connectivity index (χ2n) is 7.76. The number of hydrogen-bond donors (Lipinski definition) is 1. The molecule has 18 heavy (non-hydrogen) atoms. The fraction of sp³-hybridized carbons (Fsp3) is 0.882. The van der Waals surface area contributed by atoms with Crippen molar-refractivity contribution >= 4 is 0 Å². The molecule has 0 radical (unpaired) electrons. The quantitative estimate of drug-likeness (QED) is 0.736. The van der Waals surface area contributed by atoms with Gasteiger partial charge in [-0.25, -0.2) is 0 Å². The highest BCUT2D eigenvalue weighted by molar-refractivity contribution is 5.07. The number of hydrogen-bond acceptors (Lipinski definition) is 1. The molecule has 1 unspecified atom stereocenters. The molecule has 0 heterocycles. The lowest BCUT2D eigenvalue weighted by Crippen LogP contribution is -2.48. The standard InChI is InChI=1S/C17H29N/c1-12(2)4-16(18-3)11-17-8-13-5-14(9-17)7-15(6-13)10-17/h4,13-16,18H,5-11H2,1-3H3. The number of rotatable bonds is 4. The van der Waals surface area contributed by atoms with E-state index in [1.807, 2.05) is 0 Å². The fourth-order valence-corrected chi connectivity index (χ4v) is 5.65. The Bertz CT molecular complexity index is 302. The van der Waals surface area contributed by atoms with Crippen LogP contribution in [-0.4, -0.2) is 13.1 Å². The highest BCUT2D eigenvalue weighted by Crippen LogP contribution is 2.61. The Morgan fingerprint density at radius 1 is 1.11 bits per heavy atom. The zero-order valence-electron chi connectivity index (χ0n) is 12.3. The third kappa shape index (κ3) is 2.39. The molecule has 1 heteroatoms. The van der Waals surface area contributed by atoms with Crippen LogP contribution in [-0.2, 0) is 0 Å². The van der Waals surface area contributed by atoms with Gasteiger partial charge in [0.2, 0.25) is 0 Å². The first-order chi connectivity index (χ1) is 8.58. The average Bonchev–Trinajstić information content (AvgIpc) is 2.25. The van der Waals surface area contributed by atoms with Crippen molar-refractivity contribution in [1.82, 2.24) is 5.32 Å². The van der Waals surface area contributed by atoms with Gasteiger partial charge < -0.3 is 5.32 Å². The van der Waals surface area contributed by atoms with Crippen molar-refractivity contribution in [2.24, 2.45) is 23.2 Å². The second-order valence-corrected chi connectivity index (χ2v) is 7.76. The Hall–Kier alpha value is -0.300. The maximum atomic E-state index is 3.53. The first-order valence-corrected chi connectivity index (χ1v) is 7.91. The van der Waals surface area contributed by atoms with E-state index in [1.165, 1.54) is 31.3 Å². The van der Waals surface area contributed by atoms with Gasteiger partial charge in [0.1, 0.15) is 0 Å². The van der Waals surface area contributed by atoms with E-state index in [4.69, 9.17) is 0 Å². The molecule has 1 atom stereocenters. The molecular formula is C17H29N. The van der Waals surface area contributed by atoms with Crippen LogP contribution in [0.25, 0.3) is 0 Å². The molecule has 1 nitrogen and oxygen atoms in total. The van der Waals surface area contributed by atoms with Crippen molar-refractivity contribution in [1.29, 1.82) is 0 Å². The SMILES string of the molecule is CNC(C=C(C)C)CC12CC3CC(CC(C3)C1)C2. The minimum Gasteiger partial charge on any atom is -0.314 e. The third-order valence-corrected chi connectivity index (χ3v) is 5.72. The van der Waals surface area contributed by atoms with E-state index in [0.29, 0.717) is 11.5 Å². The second kappa shape index (κ2) is 4.67. The Labute approximate surface area is 112 Å². The van der Waals surface area contributed by atoms with Crippen molar-refractivity contribution in [2.75, 3.05) is 7.05 Å². The molecule has 0 aliphatic heterocycles. The lowest BCUT2D eigenvalue weighted by atomic mass is 9.48. The molecule has 4 aliphatic rings. The first kappa shape index (κ1) is 12.7. The number of likely N-dealkylation sites (N-methyl/N-ethyl adjacent to an activating group) is 1. The lowest BCUT2D eigenvalue weighted by Gasteiger charge is -2.57. The largest absolute Gasteiger partial charge is 0.314 e. The molecule has 4 saturated carbocycles. The van der Waals surface area contributed by atoms with Gasteiger partial charge in [-0.3, -0.25) is 0 Å². The zero-order valence-corrected chi connectivity index (χ0v) is 12.3. The molecule has 0 aromatic rings. The van der Waals surface area contributed by atoms with Gasteiger partial charge in [-0.1, -0.05) is 11.6 Å². The van der Waals surface area contributed by atoms with E-state index in [2.05, 4.69) is 32.3 Å². The molecule has 0 aromatic carbocycles. The van der Waals surface area contributed by atoms with Gasteiger partial charge in [0.05, 0.1) is 0 Å². The molecule has 0 saturated heterocycles. The molecular weight excluding hydrogens is 218 g/mol. The van der Waals surface area contributed by atoms with Crippen LogP contribution < -0.4 is 5.32 Å². The Kier molecular flexibility index (Phi) is 3.30. The van der Waals surface area contributed by atoms with E-state index in [1.54, 1.807) is 19.3 Å². The molecule has 1 N–H and O–H groups in total. The van der Waals surface area contributed by atoms with Crippen LogP contribution >= 0.6 is 0 Å². The van der Waals surface area contributed by atoms with Crippen molar-refractivity contribution in [3.05, 3.63) is 11.6 Å². The fourth-order valence-electron chi connectivity index (χ4n) is 5.65. The predicted molar refractivity (Wildman–Crippen MR) is 77.5 cm³/mol. The van der Waals surface area contributed by atoms with Crippen molar-refractivity contribution in [2.45, 2.75) is 64.8 Å². The molecule has 102 valence electrons. The van der Waals surface area contributed by atoms with Crippen LogP contribution in [0.3, 0.4) is 0 Å². The van der Waals surface area contributed by atoms with Gasteiger partial charge in [0.15, 0.2) is 0 Å². The monoisotopic (exact) mass is 247 g/mol. The molecule has 4 aliphatic carbocycles. The summed E-state index contributed by atoms with van der Waals surface area (Å²) in [5, 5.41) is 3.53. The highest BCUT2D eigenvalue weighted by atomic mass is 14.9. The summed E-state index contributed by atoms with van der Waals surface area (Å²) in [5.41, 5.74) is 2.16. The van der Waals surface area contributed by atoms with Crippen LogP contribution in [0.4, 0.5) is 0 Å². The van der Waals surface area contributed by atoms with Crippen LogP contribution in [0.15, 0.2) is 11.6 Å². The van der Waals surface area contributed by atoms with E-state index < -0.39 is 0 Å². The summed E-state index contributed by atoms with van der Waals surface area (Å²) in [4.78, 5) is 0. The molecule has 0 spiro atoms. The molecule has 0 amide bonds. The van der Waals surface area contributed by atoms with E-state index in [-0.39, 0.29) is 0 Å².